The molecule has 0 saturated carbocycles. The van der Waals surface area contributed by atoms with Crippen LogP contribution in [0.25, 0.3) is 11.0 Å². The molecule has 9 heteroatoms. The number of hydrogen-bond donors (Lipinski definition) is 1. The molecular formula is C31H28FN5O3. The van der Waals surface area contributed by atoms with Gasteiger partial charge in [-0.05, 0) is 42.8 Å². The van der Waals surface area contributed by atoms with Crippen LogP contribution in [0, 0.1) is 5.82 Å². The maximum Gasteiger partial charge on any atom is 0.249 e. The normalized spacial score (nSPS) is 11.7. The van der Waals surface area contributed by atoms with E-state index in [1.807, 2.05) is 55.5 Å². The third-order valence-corrected chi connectivity index (χ3v) is 6.40. The van der Waals surface area contributed by atoms with Gasteiger partial charge in [-0.3, -0.25) is 14.5 Å². The van der Waals surface area contributed by atoms with Crippen LogP contribution in [0.5, 0.6) is 5.75 Å². The quantitative estimate of drug-likeness (QED) is 0.269. The van der Waals surface area contributed by atoms with Crippen LogP contribution in [0.2, 0.25) is 0 Å². The molecule has 5 aromatic rings. The van der Waals surface area contributed by atoms with Crippen molar-refractivity contribution < 1.29 is 18.7 Å². The molecule has 0 aliphatic rings. The predicted molar refractivity (Wildman–Crippen MR) is 150 cm³/mol. The summed E-state index contributed by atoms with van der Waals surface area (Å²) in [6, 6.07) is 28.1. The molecule has 1 N–H and O–H groups in total. The Morgan fingerprint density at radius 3 is 2.50 bits per heavy atom. The van der Waals surface area contributed by atoms with Crippen molar-refractivity contribution in [1.29, 1.82) is 0 Å². The van der Waals surface area contributed by atoms with E-state index in [2.05, 4.69) is 15.6 Å². The first-order valence-corrected chi connectivity index (χ1v) is 12.9. The lowest BCUT2D eigenvalue weighted by molar-refractivity contribution is -0.127. The van der Waals surface area contributed by atoms with E-state index in [-0.39, 0.29) is 18.7 Å². The Morgan fingerprint density at radius 2 is 1.70 bits per heavy atom. The van der Waals surface area contributed by atoms with Crippen LogP contribution in [0.4, 0.5) is 10.1 Å². The summed E-state index contributed by atoms with van der Waals surface area (Å²) >= 11 is 0. The molecule has 5 rings (SSSR count). The van der Waals surface area contributed by atoms with Crippen molar-refractivity contribution in [3.63, 3.8) is 0 Å². The monoisotopic (exact) mass is 537 g/mol. The molecule has 1 heterocycles. The molecule has 202 valence electrons. The van der Waals surface area contributed by atoms with Gasteiger partial charge in [0, 0.05) is 23.9 Å². The fourth-order valence-corrected chi connectivity index (χ4v) is 4.54. The number of anilines is 1. The van der Waals surface area contributed by atoms with Gasteiger partial charge < -0.3 is 10.1 Å². The Balaban J connectivity index is 1.58. The third kappa shape index (κ3) is 5.83. The lowest BCUT2D eigenvalue weighted by Gasteiger charge is -2.32. The molecule has 0 bridgehead atoms. The van der Waals surface area contributed by atoms with Crippen molar-refractivity contribution in [2.24, 2.45) is 0 Å². The maximum atomic E-state index is 15.3. The van der Waals surface area contributed by atoms with Crippen LogP contribution in [0.15, 0.2) is 103 Å². The molecular weight excluding hydrogens is 509 g/mol. The lowest BCUT2D eigenvalue weighted by Crippen LogP contribution is -2.45. The Hall–Kier alpha value is -5.05. The number of amides is 2. The Bertz CT molecular complexity index is 1620. The predicted octanol–water partition coefficient (Wildman–Crippen LogP) is 5.06. The summed E-state index contributed by atoms with van der Waals surface area (Å²) in [7, 11) is 0. The van der Waals surface area contributed by atoms with E-state index in [4.69, 9.17) is 4.74 Å². The van der Waals surface area contributed by atoms with E-state index in [1.165, 1.54) is 21.7 Å². The van der Waals surface area contributed by atoms with Gasteiger partial charge in [-0.15, -0.1) is 5.10 Å². The number of para-hydroxylation sites is 1. The van der Waals surface area contributed by atoms with Crippen molar-refractivity contribution in [3.8, 4) is 5.75 Å². The highest BCUT2D eigenvalue weighted by Crippen LogP contribution is 2.32. The molecule has 0 saturated heterocycles. The standard InChI is InChI=1S/C31H28FN5O3/c1-2-40-24-14-10-13-23(19-24)37(29(38)21-36-28-18-9-8-17-27(28)34-35-36)30(25-15-6-7-16-26(25)32)31(39)33-20-22-11-4-3-5-12-22/h3-19,30H,2,20-21H2,1H3,(H,33,39)/t30-/m0/s1. The summed E-state index contributed by atoms with van der Waals surface area (Å²) < 4.78 is 22.5. The molecule has 0 aliphatic heterocycles. The third-order valence-electron chi connectivity index (χ3n) is 6.40. The highest BCUT2D eigenvalue weighted by Gasteiger charge is 2.35. The van der Waals surface area contributed by atoms with E-state index in [9.17, 15) is 9.59 Å². The Kier molecular flexibility index (Phi) is 8.10. The molecule has 0 radical (unpaired) electrons. The first-order chi connectivity index (χ1) is 19.5. The number of rotatable bonds is 10. The van der Waals surface area contributed by atoms with Crippen LogP contribution < -0.4 is 15.0 Å². The van der Waals surface area contributed by atoms with Gasteiger partial charge in [-0.2, -0.15) is 0 Å². The average Bonchev–Trinajstić information content (AvgIpc) is 3.38. The Morgan fingerprint density at radius 1 is 0.950 bits per heavy atom. The maximum absolute atomic E-state index is 15.3. The van der Waals surface area contributed by atoms with E-state index in [1.54, 1.807) is 42.5 Å². The van der Waals surface area contributed by atoms with Gasteiger partial charge in [0.2, 0.25) is 11.8 Å². The number of benzene rings is 4. The fraction of sp³-hybridized carbons (Fsp3) is 0.161. The number of hydrogen-bond acceptors (Lipinski definition) is 5. The summed E-state index contributed by atoms with van der Waals surface area (Å²) in [6.45, 7) is 2.25. The summed E-state index contributed by atoms with van der Waals surface area (Å²) in [6.07, 6.45) is 0. The zero-order valence-electron chi connectivity index (χ0n) is 21.9. The molecule has 4 aromatic carbocycles. The largest absolute Gasteiger partial charge is 0.494 e. The van der Waals surface area contributed by atoms with E-state index >= 15 is 4.39 Å². The fourth-order valence-electron chi connectivity index (χ4n) is 4.54. The molecule has 0 unspecified atom stereocenters. The van der Waals surface area contributed by atoms with Crippen molar-refractivity contribution in [1.82, 2.24) is 20.3 Å². The van der Waals surface area contributed by atoms with E-state index in [0.29, 0.717) is 29.1 Å². The number of halogens is 1. The second-order valence-electron chi connectivity index (χ2n) is 9.06. The van der Waals surface area contributed by atoms with E-state index in [0.717, 1.165) is 5.56 Å². The van der Waals surface area contributed by atoms with Gasteiger partial charge in [0.15, 0.2) is 0 Å². The number of nitrogens with zero attached hydrogens (tertiary/aromatic N) is 4. The number of ether oxygens (including phenoxy) is 1. The second-order valence-corrected chi connectivity index (χ2v) is 9.06. The Labute approximate surface area is 231 Å². The lowest BCUT2D eigenvalue weighted by atomic mass is 10.0. The second kappa shape index (κ2) is 12.2. The molecule has 0 fully saturated rings. The number of carbonyl (C=O) groups excluding carboxylic acids is 2. The van der Waals surface area contributed by atoms with Gasteiger partial charge in [0.1, 0.15) is 29.7 Å². The minimum Gasteiger partial charge on any atom is -0.494 e. The smallest absolute Gasteiger partial charge is 0.249 e. The number of fused-ring (bicyclic) bond motifs is 1. The van der Waals surface area contributed by atoms with Crippen molar-refractivity contribution in [3.05, 3.63) is 120 Å². The van der Waals surface area contributed by atoms with Crippen LogP contribution in [0.1, 0.15) is 24.1 Å². The number of aromatic nitrogens is 3. The van der Waals surface area contributed by atoms with Crippen LogP contribution in [0.3, 0.4) is 0 Å². The SMILES string of the molecule is CCOc1cccc(N(C(=O)Cn2nnc3ccccc32)[C@H](C(=O)NCc2ccccc2)c2ccccc2F)c1. The molecule has 1 aromatic heterocycles. The zero-order valence-corrected chi connectivity index (χ0v) is 21.9. The van der Waals surface area contributed by atoms with E-state index < -0.39 is 23.7 Å². The van der Waals surface area contributed by atoms with Crippen LogP contribution in [-0.4, -0.2) is 33.4 Å². The van der Waals surface area contributed by atoms with Crippen molar-refractivity contribution in [2.45, 2.75) is 26.1 Å². The van der Waals surface area contributed by atoms with Gasteiger partial charge in [0.05, 0.1) is 12.1 Å². The van der Waals surface area contributed by atoms with Crippen LogP contribution >= 0.6 is 0 Å². The van der Waals surface area contributed by atoms with Crippen molar-refractivity contribution in [2.75, 3.05) is 11.5 Å². The summed E-state index contributed by atoms with van der Waals surface area (Å²) in [5.41, 5.74) is 2.60. The molecule has 8 nitrogen and oxygen atoms in total. The summed E-state index contributed by atoms with van der Waals surface area (Å²) in [5, 5.41) is 11.2. The molecule has 40 heavy (non-hydrogen) atoms. The molecule has 0 spiro atoms. The first kappa shape index (κ1) is 26.6. The average molecular weight is 538 g/mol. The minimum atomic E-state index is -1.32. The van der Waals surface area contributed by atoms with Gasteiger partial charge >= 0.3 is 0 Å². The zero-order chi connectivity index (χ0) is 27.9. The number of nitrogens with one attached hydrogen (secondary N) is 1. The number of carbonyl (C=O) groups is 2. The van der Waals surface area contributed by atoms with Gasteiger partial charge in [-0.1, -0.05) is 71.9 Å². The summed E-state index contributed by atoms with van der Waals surface area (Å²) in [4.78, 5) is 29.3. The molecule has 1 atom stereocenters. The first-order valence-electron chi connectivity index (χ1n) is 12.9. The minimum absolute atomic E-state index is 0.0617. The highest BCUT2D eigenvalue weighted by molar-refractivity contribution is 6.01. The molecule has 0 aliphatic carbocycles. The molecule has 2 amide bonds. The van der Waals surface area contributed by atoms with Gasteiger partial charge in [0.25, 0.3) is 0 Å². The van der Waals surface area contributed by atoms with Crippen LogP contribution in [-0.2, 0) is 22.7 Å². The topological polar surface area (TPSA) is 89.3 Å². The van der Waals surface area contributed by atoms with Gasteiger partial charge in [-0.25, -0.2) is 9.07 Å². The summed E-state index contributed by atoms with van der Waals surface area (Å²) in [5.74, 6) is -1.10. The highest BCUT2D eigenvalue weighted by atomic mass is 19.1. The van der Waals surface area contributed by atoms with Crippen molar-refractivity contribution >= 4 is 28.5 Å².